The van der Waals surface area contributed by atoms with Crippen molar-refractivity contribution in [1.29, 1.82) is 0 Å². The van der Waals surface area contributed by atoms with E-state index in [0.717, 1.165) is 18.4 Å². The van der Waals surface area contributed by atoms with Crippen molar-refractivity contribution < 1.29 is 4.79 Å². The maximum absolute atomic E-state index is 11.8. The lowest BCUT2D eigenvalue weighted by Crippen LogP contribution is -2.31. The molecule has 1 amide bonds. The van der Waals surface area contributed by atoms with E-state index in [2.05, 4.69) is 5.32 Å². The molecule has 0 spiro atoms. The lowest BCUT2D eigenvalue weighted by Gasteiger charge is -2.13. The third-order valence-electron chi connectivity index (χ3n) is 2.69. The molecule has 0 aliphatic carbocycles. The van der Waals surface area contributed by atoms with Gasteiger partial charge in [0.2, 0.25) is 5.91 Å². The van der Waals surface area contributed by atoms with Crippen LogP contribution in [0.2, 0.25) is 0 Å². The number of amides is 1. The first kappa shape index (κ1) is 12.7. The first-order valence-electron chi connectivity index (χ1n) is 5.79. The molecule has 0 saturated heterocycles. The second kappa shape index (κ2) is 7.01. The zero-order valence-electron chi connectivity index (χ0n) is 9.78. The summed E-state index contributed by atoms with van der Waals surface area (Å²) < 4.78 is 0. The Balaban J connectivity index is 2.40. The Bertz CT molecular complexity index is 311. The summed E-state index contributed by atoms with van der Waals surface area (Å²) in [6, 6.07) is 9.92. The molecule has 1 rings (SSSR count). The quantitative estimate of drug-likeness (QED) is 0.766. The molecule has 1 aromatic carbocycles. The fraction of sp³-hybridized carbons (Fsp3) is 0.462. The van der Waals surface area contributed by atoms with Gasteiger partial charge in [0.05, 0.1) is 0 Å². The first-order chi connectivity index (χ1) is 7.77. The number of benzene rings is 1. The van der Waals surface area contributed by atoms with Crippen molar-refractivity contribution in [3.63, 3.8) is 0 Å². The highest BCUT2D eigenvalue weighted by Gasteiger charge is 2.14. The van der Waals surface area contributed by atoms with Gasteiger partial charge in [-0.15, -0.1) is 0 Å². The highest BCUT2D eigenvalue weighted by Crippen LogP contribution is 2.07. The van der Waals surface area contributed by atoms with E-state index in [1.807, 2.05) is 37.3 Å². The molecule has 1 unspecified atom stereocenters. The van der Waals surface area contributed by atoms with Gasteiger partial charge in [0.15, 0.2) is 0 Å². The summed E-state index contributed by atoms with van der Waals surface area (Å²) in [4.78, 5) is 11.8. The standard InChI is InChI=1S/C13H20N2O/c1-2-12(8-9-14)13(16)15-10-11-6-4-3-5-7-11/h3-7,12H,2,8-10,14H2,1H3,(H,15,16). The van der Waals surface area contributed by atoms with Crippen LogP contribution in [-0.2, 0) is 11.3 Å². The molecular weight excluding hydrogens is 200 g/mol. The Morgan fingerprint density at radius 3 is 2.62 bits per heavy atom. The maximum Gasteiger partial charge on any atom is 0.223 e. The van der Waals surface area contributed by atoms with E-state index >= 15 is 0 Å². The SMILES string of the molecule is CCC(CCN)C(=O)NCc1ccccc1. The highest BCUT2D eigenvalue weighted by molar-refractivity contribution is 5.78. The van der Waals surface area contributed by atoms with Gasteiger partial charge in [-0.3, -0.25) is 4.79 Å². The summed E-state index contributed by atoms with van der Waals surface area (Å²) in [6.45, 7) is 3.18. The predicted octanol–water partition coefficient (Wildman–Crippen LogP) is 1.68. The number of carbonyl (C=O) groups is 1. The minimum Gasteiger partial charge on any atom is -0.352 e. The summed E-state index contributed by atoms with van der Waals surface area (Å²) >= 11 is 0. The number of nitrogens with one attached hydrogen (secondary N) is 1. The smallest absolute Gasteiger partial charge is 0.223 e. The average molecular weight is 220 g/mol. The molecule has 0 fully saturated rings. The third kappa shape index (κ3) is 4.03. The molecule has 3 heteroatoms. The van der Waals surface area contributed by atoms with Crippen LogP contribution >= 0.6 is 0 Å². The molecular formula is C13H20N2O. The van der Waals surface area contributed by atoms with Crippen LogP contribution < -0.4 is 11.1 Å². The molecule has 0 saturated carbocycles. The van der Waals surface area contributed by atoms with E-state index in [1.54, 1.807) is 0 Å². The van der Waals surface area contributed by atoms with E-state index in [4.69, 9.17) is 5.73 Å². The zero-order chi connectivity index (χ0) is 11.8. The van der Waals surface area contributed by atoms with E-state index in [-0.39, 0.29) is 11.8 Å². The van der Waals surface area contributed by atoms with E-state index in [9.17, 15) is 4.79 Å². The fourth-order valence-electron chi connectivity index (χ4n) is 1.65. The van der Waals surface area contributed by atoms with Crippen molar-refractivity contribution in [3.8, 4) is 0 Å². The summed E-state index contributed by atoms with van der Waals surface area (Å²) in [6.07, 6.45) is 1.61. The van der Waals surface area contributed by atoms with Crippen LogP contribution in [0, 0.1) is 5.92 Å². The fourth-order valence-corrected chi connectivity index (χ4v) is 1.65. The monoisotopic (exact) mass is 220 g/mol. The Morgan fingerprint density at radius 1 is 1.38 bits per heavy atom. The largest absolute Gasteiger partial charge is 0.352 e. The molecule has 0 bridgehead atoms. The van der Waals surface area contributed by atoms with Crippen molar-refractivity contribution in [3.05, 3.63) is 35.9 Å². The van der Waals surface area contributed by atoms with Gasteiger partial charge in [-0.05, 0) is 24.9 Å². The molecule has 0 aromatic heterocycles. The minimum absolute atomic E-state index is 0.0497. The molecule has 0 radical (unpaired) electrons. The lowest BCUT2D eigenvalue weighted by atomic mass is 10.0. The second-order valence-electron chi connectivity index (χ2n) is 3.89. The van der Waals surface area contributed by atoms with Gasteiger partial charge in [-0.25, -0.2) is 0 Å². The molecule has 16 heavy (non-hydrogen) atoms. The Hall–Kier alpha value is -1.35. The molecule has 0 heterocycles. The van der Waals surface area contributed by atoms with Gasteiger partial charge in [0.25, 0.3) is 0 Å². The van der Waals surface area contributed by atoms with Crippen molar-refractivity contribution in [2.75, 3.05) is 6.54 Å². The normalized spacial score (nSPS) is 12.1. The number of hydrogen-bond donors (Lipinski definition) is 2. The Labute approximate surface area is 97.0 Å². The van der Waals surface area contributed by atoms with Crippen LogP contribution in [0.15, 0.2) is 30.3 Å². The van der Waals surface area contributed by atoms with Gasteiger partial charge in [-0.1, -0.05) is 37.3 Å². The third-order valence-corrected chi connectivity index (χ3v) is 2.69. The van der Waals surface area contributed by atoms with Gasteiger partial charge in [0.1, 0.15) is 0 Å². The average Bonchev–Trinajstić information content (AvgIpc) is 2.34. The van der Waals surface area contributed by atoms with Crippen LogP contribution in [0.1, 0.15) is 25.3 Å². The summed E-state index contributed by atoms with van der Waals surface area (Å²) in [5, 5.41) is 2.94. The van der Waals surface area contributed by atoms with Gasteiger partial charge in [-0.2, -0.15) is 0 Å². The summed E-state index contributed by atoms with van der Waals surface area (Å²) in [5.41, 5.74) is 6.59. The van der Waals surface area contributed by atoms with Crippen molar-refractivity contribution in [1.82, 2.24) is 5.32 Å². The predicted molar refractivity (Wildman–Crippen MR) is 65.7 cm³/mol. The number of nitrogens with two attached hydrogens (primary N) is 1. The van der Waals surface area contributed by atoms with E-state index in [1.165, 1.54) is 0 Å². The van der Waals surface area contributed by atoms with Crippen LogP contribution in [0.4, 0.5) is 0 Å². The molecule has 1 aromatic rings. The van der Waals surface area contributed by atoms with Crippen molar-refractivity contribution >= 4 is 5.91 Å². The number of hydrogen-bond acceptors (Lipinski definition) is 2. The van der Waals surface area contributed by atoms with E-state index in [0.29, 0.717) is 13.1 Å². The van der Waals surface area contributed by atoms with Crippen LogP contribution in [0.5, 0.6) is 0 Å². The van der Waals surface area contributed by atoms with Crippen molar-refractivity contribution in [2.24, 2.45) is 11.7 Å². The topological polar surface area (TPSA) is 55.1 Å². The van der Waals surface area contributed by atoms with Crippen molar-refractivity contribution in [2.45, 2.75) is 26.3 Å². The minimum atomic E-state index is 0.0497. The molecule has 1 atom stereocenters. The Morgan fingerprint density at radius 2 is 2.06 bits per heavy atom. The van der Waals surface area contributed by atoms with Crippen LogP contribution in [0.25, 0.3) is 0 Å². The van der Waals surface area contributed by atoms with Gasteiger partial charge < -0.3 is 11.1 Å². The highest BCUT2D eigenvalue weighted by atomic mass is 16.1. The number of carbonyl (C=O) groups excluding carboxylic acids is 1. The van der Waals surface area contributed by atoms with Crippen LogP contribution in [-0.4, -0.2) is 12.5 Å². The summed E-state index contributed by atoms with van der Waals surface area (Å²) in [5.74, 6) is 0.158. The van der Waals surface area contributed by atoms with Gasteiger partial charge in [0, 0.05) is 12.5 Å². The second-order valence-corrected chi connectivity index (χ2v) is 3.89. The van der Waals surface area contributed by atoms with Crippen LogP contribution in [0.3, 0.4) is 0 Å². The molecule has 0 aliphatic rings. The lowest BCUT2D eigenvalue weighted by molar-refractivity contribution is -0.125. The molecule has 88 valence electrons. The summed E-state index contributed by atoms with van der Waals surface area (Å²) in [7, 11) is 0. The maximum atomic E-state index is 11.8. The zero-order valence-corrected chi connectivity index (χ0v) is 9.78. The number of rotatable bonds is 6. The molecule has 0 aliphatic heterocycles. The Kier molecular flexibility index (Phi) is 5.57. The molecule has 3 N–H and O–H groups in total. The van der Waals surface area contributed by atoms with Gasteiger partial charge >= 0.3 is 0 Å². The van der Waals surface area contributed by atoms with E-state index < -0.39 is 0 Å². The molecule has 3 nitrogen and oxygen atoms in total. The first-order valence-corrected chi connectivity index (χ1v) is 5.79.